The highest BCUT2D eigenvalue weighted by Crippen LogP contribution is 2.44. The number of hydrogen-bond donors (Lipinski definition) is 2. The average Bonchev–Trinajstić information content (AvgIpc) is 3.62. The highest BCUT2D eigenvalue weighted by molar-refractivity contribution is 7.80. The van der Waals surface area contributed by atoms with Crippen molar-refractivity contribution in [3.63, 3.8) is 0 Å². The highest BCUT2D eigenvalue weighted by atomic mass is 32.1. The molecule has 1 amide bonds. The third-order valence-electron chi connectivity index (χ3n) is 7.60. The van der Waals surface area contributed by atoms with Crippen LogP contribution in [0.4, 0.5) is 5.69 Å². The van der Waals surface area contributed by atoms with Crippen molar-refractivity contribution in [2.45, 2.75) is 51.2 Å². The van der Waals surface area contributed by atoms with Gasteiger partial charge in [-0.1, -0.05) is 42.5 Å². The molecule has 0 radical (unpaired) electrons. The Morgan fingerprint density at radius 1 is 1.08 bits per heavy atom. The van der Waals surface area contributed by atoms with E-state index in [2.05, 4.69) is 57.1 Å². The smallest absolute Gasteiger partial charge is 0.226 e. The lowest BCUT2D eigenvalue weighted by Crippen LogP contribution is -2.33. The maximum absolute atomic E-state index is 13.1. The molecule has 2 fully saturated rings. The molecule has 1 saturated heterocycles. The Kier molecular flexibility index (Phi) is 6.16. The molecule has 3 heterocycles. The van der Waals surface area contributed by atoms with Gasteiger partial charge in [0.1, 0.15) is 0 Å². The number of carbonyl (C=O) groups excluding carboxylic acids is 1. The van der Waals surface area contributed by atoms with E-state index in [4.69, 9.17) is 12.2 Å². The Hall–Kier alpha value is -3.71. The van der Waals surface area contributed by atoms with Gasteiger partial charge in [0.05, 0.1) is 17.8 Å². The number of thiocarbonyl (C=S) groups is 1. The maximum Gasteiger partial charge on any atom is 0.226 e. The summed E-state index contributed by atoms with van der Waals surface area (Å²) in [6.07, 6.45) is 4.63. The summed E-state index contributed by atoms with van der Waals surface area (Å²) in [6.45, 7) is 4.92. The maximum atomic E-state index is 13.1. The normalized spacial score (nSPS) is 19.3. The lowest BCUT2D eigenvalue weighted by Gasteiger charge is -2.28. The number of hydrogen-bond acceptors (Lipinski definition) is 3. The Morgan fingerprint density at radius 3 is 2.65 bits per heavy atom. The van der Waals surface area contributed by atoms with Crippen molar-refractivity contribution >= 4 is 39.7 Å². The minimum Gasteiger partial charge on any atom is -0.352 e. The molecule has 1 aliphatic carbocycles. The number of pyridine rings is 1. The molecule has 0 spiro atoms. The monoisotopic (exact) mass is 509 g/mol. The Balaban J connectivity index is 1.27. The molecule has 37 heavy (non-hydrogen) atoms. The van der Waals surface area contributed by atoms with Gasteiger partial charge in [-0.25, -0.2) is 0 Å². The van der Waals surface area contributed by atoms with Gasteiger partial charge >= 0.3 is 0 Å². The van der Waals surface area contributed by atoms with E-state index in [1.54, 1.807) is 0 Å². The number of carbonyl (C=O) groups is 1. The second-order valence-electron chi connectivity index (χ2n) is 10.1. The van der Waals surface area contributed by atoms with E-state index in [0.29, 0.717) is 24.1 Å². The zero-order valence-corrected chi connectivity index (χ0v) is 22.0. The molecular weight excluding hydrogens is 478 g/mol. The van der Waals surface area contributed by atoms with E-state index >= 15 is 0 Å². The molecule has 6 nitrogen and oxygen atoms in total. The van der Waals surface area contributed by atoms with E-state index in [9.17, 15) is 4.79 Å². The standard InChI is InChI=1S/C30H31N5OS/c1-19-18-24(20(2)35(19)22-13-14-22)29-28(26-11-5-6-16-31-26)33-30(37)34(29)17-15-27(36)32-25-12-7-9-21-8-3-4-10-23(21)25/h3-12,16,18,22,28-29H,13-15,17H2,1-2H3,(H,32,36)(H,33,37)/t28-,29+/m0/s1. The minimum absolute atomic E-state index is 0.0253. The molecule has 188 valence electrons. The summed E-state index contributed by atoms with van der Waals surface area (Å²) in [5, 5.41) is 9.45. The molecule has 0 bridgehead atoms. The topological polar surface area (TPSA) is 62.2 Å². The fourth-order valence-electron chi connectivity index (χ4n) is 5.75. The van der Waals surface area contributed by atoms with E-state index in [1.165, 1.54) is 29.8 Å². The second-order valence-corrected chi connectivity index (χ2v) is 10.5. The third kappa shape index (κ3) is 4.48. The number of nitrogens with one attached hydrogen (secondary N) is 2. The van der Waals surface area contributed by atoms with Crippen molar-refractivity contribution in [3.8, 4) is 0 Å². The van der Waals surface area contributed by atoms with Gasteiger partial charge in [-0.15, -0.1) is 0 Å². The van der Waals surface area contributed by atoms with Crippen LogP contribution in [0.5, 0.6) is 0 Å². The third-order valence-corrected chi connectivity index (χ3v) is 7.95. The van der Waals surface area contributed by atoms with Gasteiger partial charge in [-0.3, -0.25) is 9.78 Å². The van der Waals surface area contributed by atoms with Gasteiger partial charge in [-0.2, -0.15) is 0 Å². The van der Waals surface area contributed by atoms with E-state index < -0.39 is 0 Å². The Morgan fingerprint density at radius 2 is 1.86 bits per heavy atom. The summed E-state index contributed by atoms with van der Waals surface area (Å²) in [4.78, 5) is 20.0. The molecule has 2 aromatic heterocycles. The van der Waals surface area contributed by atoms with E-state index in [0.717, 1.165) is 22.2 Å². The van der Waals surface area contributed by atoms with Crippen LogP contribution in [0.15, 0.2) is 72.9 Å². The molecular formula is C30H31N5OS. The number of anilines is 1. The fraction of sp³-hybridized carbons (Fsp3) is 0.300. The lowest BCUT2D eigenvalue weighted by atomic mass is 9.96. The first-order valence-corrected chi connectivity index (χ1v) is 13.4. The molecule has 6 rings (SSSR count). The fourth-order valence-corrected chi connectivity index (χ4v) is 6.08. The van der Waals surface area contributed by atoms with Crippen molar-refractivity contribution in [2.75, 3.05) is 11.9 Å². The van der Waals surface area contributed by atoms with Crippen LogP contribution in [0.1, 0.15) is 60.0 Å². The van der Waals surface area contributed by atoms with E-state index in [1.807, 2.05) is 54.7 Å². The number of aryl methyl sites for hydroxylation is 1. The van der Waals surface area contributed by atoms with Crippen molar-refractivity contribution in [1.82, 2.24) is 19.8 Å². The van der Waals surface area contributed by atoms with Crippen LogP contribution < -0.4 is 10.6 Å². The molecule has 1 aliphatic heterocycles. The van der Waals surface area contributed by atoms with Gasteiger partial charge in [-0.05, 0) is 74.1 Å². The summed E-state index contributed by atoms with van der Waals surface area (Å²) in [6, 6.07) is 22.8. The first-order valence-electron chi connectivity index (χ1n) is 13.0. The Labute approximate surface area is 222 Å². The van der Waals surface area contributed by atoms with Crippen LogP contribution >= 0.6 is 12.2 Å². The average molecular weight is 510 g/mol. The van der Waals surface area contributed by atoms with Crippen molar-refractivity contribution in [1.29, 1.82) is 0 Å². The van der Waals surface area contributed by atoms with Crippen LogP contribution in [0.25, 0.3) is 10.8 Å². The molecule has 0 unspecified atom stereocenters. The molecule has 7 heteroatoms. The number of nitrogens with zero attached hydrogens (tertiary/aromatic N) is 3. The second kappa shape index (κ2) is 9.63. The van der Waals surface area contributed by atoms with Crippen LogP contribution in [0, 0.1) is 13.8 Å². The number of amides is 1. The van der Waals surface area contributed by atoms with Gasteiger partial charge in [0.15, 0.2) is 5.11 Å². The van der Waals surface area contributed by atoms with Crippen molar-refractivity contribution < 1.29 is 4.79 Å². The van der Waals surface area contributed by atoms with Gasteiger partial charge < -0.3 is 20.1 Å². The highest BCUT2D eigenvalue weighted by Gasteiger charge is 2.42. The summed E-state index contributed by atoms with van der Waals surface area (Å²) < 4.78 is 2.47. The Bertz CT molecular complexity index is 1470. The number of benzene rings is 2. The van der Waals surface area contributed by atoms with Crippen molar-refractivity contribution in [3.05, 3.63) is 95.6 Å². The molecule has 2 atom stereocenters. The predicted molar refractivity (Wildman–Crippen MR) is 152 cm³/mol. The van der Waals surface area contributed by atoms with Crippen LogP contribution in [0.2, 0.25) is 0 Å². The SMILES string of the molecule is Cc1cc([C@@H]2[C@H](c3ccccn3)NC(=S)N2CCC(=O)Nc2cccc3ccccc23)c(C)n1C1CC1. The van der Waals surface area contributed by atoms with Crippen LogP contribution in [-0.4, -0.2) is 32.0 Å². The zero-order chi connectivity index (χ0) is 25.5. The first kappa shape index (κ1) is 23.7. The lowest BCUT2D eigenvalue weighted by molar-refractivity contribution is -0.116. The molecule has 2 N–H and O–H groups in total. The molecule has 2 aromatic carbocycles. The van der Waals surface area contributed by atoms with Crippen LogP contribution in [0.3, 0.4) is 0 Å². The summed E-state index contributed by atoms with van der Waals surface area (Å²) in [7, 11) is 0. The summed E-state index contributed by atoms with van der Waals surface area (Å²) in [5.74, 6) is -0.0253. The zero-order valence-electron chi connectivity index (χ0n) is 21.1. The van der Waals surface area contributed by atoms with Crippen LogP contribution in [-0.2, 0) is 4.79 Å². The largest absolute Gasteiger partial charge is 0.352 e. The quantitative estimate of drug-likeness (QED) is 0.300. The van der Waals surface area contributed by atoms with Gasteiger partial charge in [0.25, 0.3) is 0 Å². The minimum atomic E-state index is -0.0806. The number of rotatable bonds is 7. The number of aromatic nitrogens is 2. The summed E-state index contributed by atoms with van der Waals surface area (Å²) in [5.41, 5.74) is 5.60. The molecule has 2 aliphatic rings. The predicted octanol–water partition coefficient (Wildman–Crippen LogP) is 5.99. The van der Waals surface area contributed by atoms with Gasteiger partial charge in [0.2, 0.25) is 5.91 Å². The van der Waals surface area contributed by atoms with Gasteiger partial charge in [0, 0.05) is 47.7 Å². The molecule has 1 saturated carbocycles. The summed E-state index contributed by atoms with van der Waals surface area (Å²) >= 11 is 5.83. The number of fused-ring (bicyclic) bond motifs is 1. The first-order chi connectivity index (χ1) is 18.0. The molecule has 4 aromatic rings. The van der Waals surface area contributed by atoms with Crippen molar-refractivity contribution in [2.24, 2.45) is 0 Å². The van der Waals surface area contributed by atoms with E-state index in [-0.39, 0.29) is 18.0 Å².